The molecule has 0 aromatic heterocycles. The maximum atomic E-state index is 11.8. The molecule has 1 rings (SSSR count). The van der Waals surface area contributed by atoms with E-state index in [4.69, 9.17) is 11.6 Å². The Balaban J connectivity index is 2.62. The molecule has 0 saturated heterocycles. The lowest BCUT2D eigenvalue weighted by Crippen LogP contribution is -2.34. The highest BCUT2D eigenvalue weighted by Crippen LogP contribution is 2.17. The van der Waals surface area contributed by atoms with Crippen molar-refractivity contribution in [1.82, 2.24) is 5.32 Å². The first kappa shape index (κ1) is 14.0. The lowest BCUT2D eigenvalue weighted by molar-refractivity contribution is -0.121. The van der Waals surface area contributed by atoms with E-state index in [0.717, 1.165) is 24.8 Å². The molecule has 1 N–H and O–H groups in total. The van der Waals surface area contributed by atoms with Gasteiger partial charge in [0.15, 0.2) is 0 Å². The van der Waals surface area contributed by atoms with Gasteiger partial charge in [-0.1, -0.05) is 50.6 Å². The molecule has 0 aliphatic heterocycles. The van der Waals surface area contributed by atoms with Gasteiger partial charge in [-0.25, -0.2) is 0 Å². The molecule has 2 nitrogen and oxygen atoms in total. The van der Waals surface area contributed by atoms with Crippen LogP contribution in [0.3, 0.4) is 0 Å². The molecule has 0 unspecified atom stereocenters. The average molecular weight is 254 g/mol. The minimum Gasteiger partial charge on any atom is -0.348 e. The average Bonchev–Trinajstić information content (AvgIpc) is 2.37. The van der Waals surface area contributed by atoms with E-state index in [-0.39, 0.29) is 11.9 Å². The molecular weight excluding hydrogens is 234 g/mol. The van der Waals surface area contributed by atoms with Crippen molar-refractivity contribution in [2.24, 2.45) is 0 Å². The number of alkyl halides is 1. The highest BCUT2D eigenvalue weighted by Gasteiger charge is 2.18. The third kappa shape index (κ3) is 4.39. The normalized spacial score (nSPS) is 14.1. The fraction of sp³-hybridized carbons (Fsp3) is 0.500. The van der Waals surface area contributed by atoms with Crippen LogP contribution in [0, 0.1) is 0 Å². The van der Waals surface area contributed by atoms with Crippen LogP contribution in [-0.2, 0) is 4.79 Å². The number of hydrogen-bond donors (Lipinski definition) is 1. The number of nitrogens with one attached hydrogen (secondary N) is 1. The Labute approximate surface area is 108 Å². The number of halogens is 1. The second-order valence-electron chi connectivity index (χ2n) is 4.14. The van der Waals surface area contributed by atoms with Gasteiger partial charge in [-0.15, -0.1) is 11.6 Å². The number of amides is 1. The van der Waals surface area contributed by atoms with E-state index in [0.29, 0.717) is 0 Å². The molecule has 1 amide bonds. The lowest BCUT2D eigenvalue weighted by Gasteiger charge is -2.19. The van der Waals surface area contributed by atoms with Gasteiger partial charge in [0.2, 0.25) is 5.91 Å². The van der Waals surface area contributed by atoms with E-state index >= 15 is 0 Å². The predicted octanol–water partition coefficient (Wildman–Crippen LogP) is 3.66. The molecule has 3 heteroatoms. The number of carbonyl (C=O) groups is 1. The zero-order valence-electron chi connectivity index (χ0n) is 10.4. The summed E-state index contributed by atoms with van der Waals surface area (Å²) >= 11 is 6.01. The van der Waals surface area contributed by atoms with Gasteiger partial charge in [-0.3, -0.25) is 4.79 Å². The molecular formula is C14H20ClNO. The van der Waals surface area contributed by atoms with Crippen molar-refractivity contribution in [1.29, 1.82) is 0 Å². The van der Waals surface area contributed by atoms with E-state index in [9.17, 15) is 4.79 Å². The summed E-state index contributed by atoms with van der Waals surface area (Å²) in [6.45, 7) is 4.08. The fourth-order valence-corrected chi connectivity index (χ4v) is 2.03. The van der Waals surface area contributed by atoms with Gasteiger partial charge in [0.25, 0.3) is 0 Å². The number of benzene rings is 1. The molecule has 0 heterocycles. The van der Waals surface area contributed by atoms with E-state index in [1.54, 1.807) is 0 Å². The van der Waals surface area contributed by atoms with Crippen LogP contribution in [0.1, 0.15) is 44.7 Å². The summed E-state index contributed by atoms with van der Waals surface area (Å²) in [5.74, 6) is -0.0655. The van der Waals surface area contributed by atoms with Crippen LogP contribution < -0.4 is 5.32 Å². The van der Waals surface area contributed by atoms with Crippen molar-refractivity contribution in [3.63, 3.8) is 0 Å². The summed E-state index contributed by atoms with van der Waals surface area (Å²) < 4.78 is 0. The summed E-state index contributed by atoms with van der Waals surface area (Å²) in [5, 5.41) is 2.58. The molecule has 0 aliphatic rings. The second-order valence-corrected chi connectivity index (χ2v) is 4.66. The first-order chi connectivity index (χ1) is 8.19. The van der Waals surface area contributed by atoms with Gasteiger partial charge < -0.3 is 5.32 Å². The minimum atomic E-state index is -0.419. The molecule has 0 aliphatic carbocycles. The van der Waals surface area contributed by atoms with Crippen molar-refractivity contribution < 1.29 is 4.79 Å². The van der Waals surface area contributed by atoms with Crippen LogP contribution in [0.25, 0.3) is 0 Å². The predicted molar refractivity (Wildman–Crippen MR) is 72.2 cm³/mol. The minimum absolute atomic E-state index is 0.0572. The summed E-state index contributed by atoms with van der Waals surface area (Å²) in [7, 11) is 0. The topological polar surface area (TPSA) is 29.1 Å². The quantitative estimate of drug-likeness (QED) is 0.771. The number of hydrogen-bond acceptors (Lipinski definition) is 1. The largest absolute Gasteiger partial charge is 0.348 e. The monoisotopic (exact) mass is 253 g/mol. The molecule has 17 heavy (non-hydrogen) atoms. The van der Waals surface area contributed by atoms with Gasteiger partial charge in [-0.05, 0) is 18.4 Å². The summed E-state index contributed by atoms with van der Waals surface area (Å²) in [6.07, 6.45) is 2.51. The fourth-order valence-electron chi connectivity index (χ4n) is 1.75. The van der Waals surface area contributed by atoms with Crippen LogP contribution in [0.5, 0.6) is 0 Å². The van der Waals surface area contributed by atoms with Crippen molar-refractivity contribution >= 4 is 17.5 Å². The van der Waals surface area contributed by atoms with Gasteiger partial charge in [0.05, 0.1) is 6.04 Å². The highest BCUT2D eigenvalue weighted by molar-refractivity contribution is 6.30. The Kier molecular flexibility index (Phi) is 6.06. The molecule has 0 bridgehead atoms. The van der Waals surface area contributed by atoms with Gasteiger partial charge in [-0.2, -0.15) is 0 Å². The van der Waals surface area contributed by atoms with Crippen LogP contribution in [0.2, 0.25) is 0 Å². The molecule has 1 aromatic rings. The van der Waals surface area contributed by atoms with Crippen LogP contribution in [-0.4, -0.2) is 11.3 Å². The molecule has 1 aromatic carbocycles. The molecule has 2 atom stereocenters. The Morgan fingerprint density at radius 2 is 1.94 bits per heavy atom. The molecule has 0 spiro atoms. The lowest BCUT2D eigenvalue weighted by atomic mass is 10.0. The smallest absolute Gasteiger partial charge is 0.238 e. The summed E-state index contributed by atoms with van der Waals surface area (Å²) in [5.41, 5.74) is 1.13. The Morgan fingerprint density at radius 3 is 2.47 bits per heavy atom. The Morgan fingerprint density at radius 1 is 1.29 bits per heavy atom. The molecule has 0 radical (unpaired) electrons. The maximum Gasteiger partial charge on any atom is 0.238 e. The van der Waals surface area contributed by atoms with Crippen molar-refractivity contribution in [2.45, 2.75) is 44.5 Å². The zero-order valence-corrected chi connectivity index (χ0v) is 11.2. The standard InChI is InChI=1S/C14H20ClNO/c1-3-8-12(15)14(17)16-13(4-2)11-9-6-5-7-10-11/h5-7,9-10,12-13H,3-4,8H2,1-2H3,(H,16,17)/t12-,13+/m0/s1. The van der Waals surface area contributed by atoms with Gasteiger partial charge in [0.1, 0.15) is 5.38 Å². The molecule has 0 fully saturated rings. The van der Waals surface area contributed by atoms with E-state index in [1.165, 1.54) is 0 Å². The third-order valence-corrected chi connectivity index (χ3v) is 3.17. The van der Waals surface area contributed by atoms with Crippen LogP contribution in [0.15, 0.2) is 30.3 Å². The SMILES string of the molecule is CCC[C@H](Cl)C(=O)N[C@H](CC)c1ccccc1. The second kappa shape index (κ2) is 7.33. The van der Waals surface area contributed by atoms with Crippen molar-refractivity contribution in [3.05, 3.63) is 35.9 Å². The first-order valence-corrected chi connectivity index (χ1v) is 6.62. The van der Waals surface area contributed by atoms with E-state index in [2.05, 4.69) is 12.2 Å². The Bertz CT molecular complexity index is 339. The summed E-state index contributed by atoms with van der Waals surface area (Å²) in [4.78, 5) is 11.8. The Hall–Kier alpha value is -1.02. The first-order valence-electron chi connectivity index (χ1n) is 6.18. The number of rotatable bonds is 6. The van der Waals surface area contributed by atoms with E-state index in [1.807, 2.05) is 37.3 Å². The molecule has 94 valence electrons. The summed E-state index contributed by atoms with van der Waals surface area (Å²) in [6, 6.07) is 10.0. The number of carbonyl (C=O) groups excluding carboxylic acids is 1. The van der Waals surface area contributed by atoms with Crippen LogP contribution >= 0.6 is 11.6 Å². The van der Waals surface area contributed by atoms with E-state index < -0.39 is 5.38 Å². The van der Waals surface area contributed by atoms with Gasteiger partial charge >= 0.3 is 0 Å². The van der Waals surface area contributed by atoms with Crippen molar-refractivity contribution in [2.75, 3.05) is 0 Å². The van der Waals surface area contributed by atoms with Gasteiger partial charge in [0, 0.05) is 0 Å². The van der Waals surface area contributed by atoms with Crippen LogP contribution in [0.4, 0.5) is 0 Å². The highest BCUT2D eigenvalue weighted by atomic mass is 35.5. The zero-order chi connectivity index (χ0) is 12.7. The molecule has 0 saturated carbocycles. The third-order valence-electron chi connectivity index (χ3n) is 2.75. The van der Waals surface area contributed by atoms with Crippen molar-refractivity contribution in [3.8, 4) is 0 Å². The maximum absolute atomic E-state index is 11.8.